The maximum Gasteiger partial charge on any atom is 0.416 e. The molecule has 5 N–H and O–H groups in total. The molecule has 4 aromatic rings. The molecule has 0 aliphatic carbocycles. The topological polar surface area (TPSA) is 92.9 Å². The number of nitrogens with one attached hydrogen (secondary N) is 3. The fourth-order valence-electron chi connectivity index (χ4n) is 6.16. The smallest absolute Gasteiger partial charge is 0.374 e. The van der Waals surface area contributed by atoms with Gasteiger partial charge in [0, 0.05) is 6.54 Å². The fourth-order valence-corrected chi connectivity index (χ4v) is 6.43. The number of ether oxygens (including phenoxy) is 2. The van der Waals surface area contributed by atoms with Crippen molar-refractivity contribution in [2.24, 2.45) is 10.7 Å². The first-order valence-electron chi connectivity index (χ1n) is 18.2. The first-order chi connectivity index (χ1) is 28.7. The van der Waals surface area contributed by atoms with Crippen molar-refractivity contribution in [3.63, 3.8) is 0 Å². The summed E-state index contributed by atoms with van der Waals surface area (Å²) in [6.45, 7) is 3.45. The first-order valence-corrected chi connectivity index (χ1v) is 19.0. The summed E-state index contributed by atoms with van der Waals surface area (Å²) in [6.07, 6.45) is -19.6. The monoisotopic (exact) mass is 925 g/mol. The third kappa shape index (κ3) is 14.0. The molecule has 336 valence electrons. The lowest BCUT2D eigenvalue weighted by atomic mass is 9.91. The molecule has 7 nitrogen and oxygen atoms in total. The van der Waals surface area contributed by atoms with Gasteiger partial charge in [-0.3, -0.25) is 4.99 Å². The van der Waals surface area contributed by atoms with E-state index in [2.05, 4.69) is 33.2 Å². The van der Waals surface area contributed by atoms with Crippen molar-refractivity contribution in [3.05, 3.63) is 142 Å². The van der Waals surface area contributed by atoms with E-state index >= 15 is 0 Å². The predicted molar refractivity (Wildman–Crippen MR) is 216 cm³/mol. The molecular formula is C41H39F12N5O2S2. The molecule has 4 aromatic carbocycles. The molecule has 0 amide bonds. The number of hydrogen-bond donors (Lipinski definition) is 4. The predicted octanol–water partition coefficient (Wildman–Crippen LogP) is 10.1. The maximum absolute atomic E-state index is 13.0. The number of aliphatic imine (C=N–C) groups is 1. The quantitative estimate of drug-likeness (QED) is 0.0924. The van der Waals surface area contributed by atoms with Crippen molar-refractivity contribution >= 4 is 40.4 Å². The molecule has 2 atom stereocenters. The molecule has 2 heterocycles. The van der Waals surface area contributed by atoms with Gasteiger partial charge in [-0.1, -0.05) is 72.9 Å². The van der Waals surface area contributed by atoms with Gasteiger partial charge in [0.25, 0.3) is 0 Å². The number of thiocarbonyl (C=S) groups is 2. The average molecular weight is 926 g/mol. The van der Waals surface area contributed by atoms with Gasteiger partial charge >= 0.3 is 24.7 Å². The number of benzene rings is 4. The molecule has 0 bridgehead atoms. The minimum Gasteiger partial charge on any atom is -0.374 e. The summed E-state index contributed by atoms with van der Waals surface area (Å²) in [5, 5.41) is 9.40. The first kappa shape index (κ1) is 49.7. The molecule has 0 radical (unpaired) electrons. The SMILES string of the molecule is CC(C)=S.FC(F)(F)c1cc(COCC2(c3ccccc3)CNC(=S)N2)cc(C(F)(F)F)c1.NC1=NCC(COCc2cc(C(F)(F)F)cc(C(F)(F)F)c2)(c2ccccc2)N1. The Morgan fingerprint density at radius 3 is 1.27 bits per heavy atom. The van der Waals surface area contributed by atoms with Crippen molar-refractivity contribution in [2.75, 3.05) is 26.3 Å². The molecule has 62 heavy (non-hydrogen) atoms. The van der Waals surface area contributed by atoms with Crippen LogP contribution in [0.3, 0.4) is 0 Å². The van der Waals surface area contributed by atoms with Crippen molar-refractivity contribution in [2.45, 2.75) is 62.8 Å². The zero-order chi connectivity index (χ0) is 46.1. The Bertz CT molecular complexity index is 2120. The normalized spacial score (nSPS) is 18.9. The molecule has 21 heteroatoms. The van der Waals surface area contributed by atoms with E-state index < -0.39 is 71.3 Å². The highest BCUT2D eigenvalue weighted by atomic mass is 32.1. The van der Waals surface area contributed by atoms with Crippen LogP contribution < -0.4 is 21.7 Å². The minimum atomic E-state index is -4.91. The summed E-state index contributed by atoms with van der Waals surface area (Å²) in [4.78, 5) is 5.09. The van der Waals surface area contributed by atoms with E-state index in [-0.39, 0.29) is 49.0 Å². The molecule has 2 aliphatic heterocycles. The van der Waals surface area contributed by atoms with Crippen LogP contribution in [0.5, 0.6) is 0 Å². The zero-order valence-electron chi connectivity index (χ0n) is 32.7. The van der Waals surface area contributed by atoms with Gasteiger partial charge in [0.1, 0.15) is 11.1 Å². The van der Waals surface area contributed by atoms with Gasteiger partial charge < -0.3 is 31.2 Å². The molecule has 1 saturated heterocycles. The van der Waals surface area contributed by atoms with Crippen molar-refractivity contribution in [1.29, 1.82) is 0 Å². The minimum absolute atomic E-state index is 0.0122. The van der Waals surface area contributed by atoms with E-state index in [4.69, 9.17) is 27.4 Å². The molecular weight excluding hydrogens is 887 g/mol. The van der Waals surface area contributed by atoms with Crippen LogP contribution in [0.15, 0.2) is 102 Å². The van der Waals surface area contributed by atoms with E-state index in [1.165, 1.54) is 0 Å². The lowest BCUT2D eigenvalue weighted by Crippen LogP contribution is -2.48. The highest BCUT2D eigenvalue weighted by Gasteiger charge is 2.41. The number of halogens is 12. The molecule has 2 unspecified atom stereocenters. The van der Waals surface area contributed by atoms with Gasteiger partial charge in [0.05, 0.1) is 55.2 Å². The number of rotatable bonds is 10. The highest BCUT2D eigenvalue weighted by Crippen LogP contribution is 2.38. The van der Waals surface area contributed by atoms with Crippen molar-refractivity contribution in [3.8, 4) is 0 Å². The third-order valence-electron chi connectivity index (χ3n) is 8.97. The second-order valence-corrected chi connectivity index (χ2v) is 15.5. The fraction of sp³-hybridized carbons (Fsp3) is 0.341. The highest BCUT2D eigenvalue weighted by molar-refractivity contribution is 7.80. The van der Waals surface area contributed by atoms with E-state index in [0.717, 1.165) is 16.0 Å². The van der Waals surface area contributed by atoms with E-state index in [0.29, 0.717) is 35.9 Å². The van der Waals surface area contributed by atoms with E-state index in [1.54, 1.807) is 30.3 Å². The summed E-state index contributed by atoms with van der Waals surface area (Å²) in [5.41, 5.74) is -0.262. The van der Waals surface area contributed by atoms with Crippen molar-refractivity contribution < 1.29 is 62.2 Å². The van der Waals surface area contributed by atoms with Crippen molar-refractivity contribution in [1.82, 2.24) is 16.0 Å². The molecule has 0 spiro atoms. The largest absolute Gasteiger partial charge is 0.416 e. The Balaban J connectivity index is 0.000000251. The Morgan fingerprint density at radius 1 is 0.613 bits per heavy atom. The summed E-state index contributed by atoms with van der Waals surface area (Å²) >= 11 is 9.64. The van der Waals surface area contributed by atoms with Crippen LogP contribution >= 0.6 is 24.4 Å². The van der Waals surface area contributed by atoms with Crippen LogP contribution in [-0.4, -0.2) is 42.2 Å². The number of guanidine groups is 1. The number of alkyl halides is 12. The third-order valence-corrected chi connectivity index (χ3v) is 9.22. The van der Waals surface area contributed by atoms with Crippen LogP contribution in [0.25, 0.3) is 0 Å². The molecule has 1 fully saturated rings. The Kier molecular flexibility index (Phi) is 16.0. The Labute approximate surface area is 359 Å². The molecule has 6 rings (SSSR count). The lowest BCUT2D eigenvalue weighted by molar-refractivity contribution is -0.144. The van der Waals surface area contributed by atoms with Gasteiger partial charge in [-0.2, -0.15) is 52.7 Å². The zero-order valence-corrected chi connectivity index (χ0v) is 34.3. The van der Waals surface area contributed by atoms with Crippen LogP contribution in [-0.2, 0) is 58.5 Å². The summed E-state index contributed by atoms with van der Waals surface area (Å²) < 4.78 is 167. The number of nitrogens with two attached hydrogens (primary N) is 1. The van der Waals surface area contributed by atoms with Crippen LogP contribution in [0.2, 0.25) is 0 Å². The van der Waals surface area contributed by atoms with E-state index in [1.807, 2.05) is 44.2 Å². The van der Waals surface area contributed by atoms with Crippen LogP contribution in [0.1, 0.15) is 58.4 Å². The Morgan fingerprint density at radius 2 is 0.968 bits per heavy atom. The summed E-state index contributed by atoms with van der Waals surface area (Å²) in [5.74, 6) is 0.177. The molecule has 2 aliphatic rings. The van der Waals surface area contributed by atoms with Crippen LogP contribution in [0, 0.1) is 0 Å². The summed E-state index contributed by atoms with van der Waals surface area (Å²) in [7, 11) is 0. The number of nitrogens with zero attached hydrogens (tertiary/aromatic N) is 1. The second kappa shape index (κ2) is 20.0. The standard InChI is InChI=1S/C19H17F6N3O.C19H16F6N2OS.C3H6S/c20-18(21,22)14-6-12(7-15(8-14)19(23,24)25)9-29-11-17(10-27-16(26)28-17)13-4-2-1-3-5-13;20-18(21,22)14-6-12(7-15(8-14)19(23,24)25)9-28-11-17(10-26-16(29)27-17)13-4-2-1-3-5-13;1-3(2)4/h1-8H,9-11H2,(H3,26,27,28);1-8H,9-11H2,(H2,26,27,29);1-2H3. The average Bonchev–Trinajstić information content (AvgIpc) is 3.76. The van der Waals surface area contributed by atoms with Gasteiger partial charge in [0.2, 0.25) is 0 Å². The van der Waals surface area contributed by atoms with Crippen LogP contribution in [0.4, 0.5) is 52.7 Å². The summed E-state index contributed by atoms with van der Waals surface area (Å²) in [6, 6.07) is 20.9. The van der Waals surface area contributed by atoms with Gasteiger partial charge in [-0.05, 0) is 89.6 Å². The van der Waals surface area contributed by atoms with Gasteiger partial charge in [-0.15, -0.1) is 0 Å². The lowest BCUT2D eigenvalue weighted by Gasteiger charge is -2.29. The Hall–Kier alpha value is -4.99. The second-order valence-electron chi connectivity index (χ2n) is 14.3. The van der Waals surface area contributed by atoms with Gasteiger partial charge in [0.15, 0.2) is 11.1 Å². The van der Waals surface area contributed by atoms with Gasteiger partial charge in [-0.25, -0.2) is 0 Å². The number of hydrogen-bond acceptors (Lipinski definition) is 7. The molecule has 0 saturated carbocycles. The maximum atomic E-state index is 13.0. The molecule has 0 aromatic heterocycles. The van der Waals surface area contributed by atoms with E-state index in [9.17, 15) is 52.7 Å².